The van der Waals surface area contributed by atoms with Gasteiger partial charge >= 0.3 is 0 Å². The van der Waals surface area contributed by atoms with Crippen molar-refractivity contribution in [3.8, 4) is 5.82 Å². The number of nitrogens with zero attached hydrogens (tertiary/aromatic N) is 4. The van der Waals surface area contributed by atoms with Crippen LogP contribution >= 0.6 is 11.6 Å². The number of amides is 2. The topological polar surface area (TPSA) is 80.1 Å². The summed E-state index contributed by atoms with van der Waals surface area (Å²) in [6.45, 7) is 0.912. The van der Waals surface area contributed by atoms with Crippen molar-refractivity contribution in [1.29, 1.82) is 0 Å². The number of nitrogens with one attached hydrogen (secondary N) is 1. The molecule has 0 bridgehead atoms. The van der Waals surface area contributed by atoms with E-state index in [0.717, 1.165) is 12.0 Å². The number of anilines is 1. The van der Waals surface area contributed by atoms with Crippen LogP contribution < -0.4 is 10.2 Å². The second-order valence-electron chi connectivity index (χ2n) is 6.43. The monoisotopic (exact) mass is 395 g/mol. The van der Waals surface area contributed by atoms with E-state index in [1.54, 1.807) is 46.4 Å². The summed E-state index contributed by atoms with van der Waals surface area (Å²) in [6, 6.07) is 10.5. The van der Waals surface area contributed by atoms with E-state index in [2.05, 4.69) is 15.4 Å². The normalized spacial score (nSPS) is 13.8. The third kappa shape index (κ3) is 3.61. The number of rotatable bonds is 5. The van der Waals surface area contributed by atoms with Gasteiger partial charge in [0.15, 0.2) is 5.82 Å². The van der Waals surface area contributed by atoms with Crippen molar-refractivity contribution in [2.24, 2.45) is 0 Å². The third-order valence-corrected chi connectivity index (χ3v) is 4.92. The van der Waals surface area contributed by atoms with Crippen molar-refractivity contribution in [3.63, 3.8) is 0 Å². The lowest BCUT2D eigenvalue weighted by Gasteiger charge is -2.18. The van der Waals surface area contributed by atoms with Gasteiger partial charge in [0.05, 0.1) is 10.7 Å². The van der Waals surface area contributed by atoms with E-state index in [1.165, 1.54) is 0 Å². The van der Waals surface area contributed by atoms with Crippen LogP contribution in [0.4, 0.5) is 5.69 Å². The van der Waals surface area contributed by atoms with E-state index in [-0.39, 0.29) is 11.8 Å². The highest BCUT2D eigenvalue weighted by atomic mass is 35.5. The maximum atomic E-state index is 12.7. The molecule has 2 aromatic heterocycles. The standard InChI is InChI=1S/C20H18ClN5O2/c21-16-7-6-14(12-17(16)25-10-2-5-18(25)27)20(28)23-13-15-4-1-8-22-19(15)26-11-3-9-24-26/h1,3-4,6-9,11-12H,2,5,10,13H2,(H,23,28). The van der Waals surface area contributed by atoms with Crippen LogP contribution in [-0.2, 0) is 11.3 Å². The molecule has 0 aliphatic carbocycles. The first kappa shape index (κ1) is 18.2. The SMILES string of the molecule is O=C(NCc1cccnc1-n1cccn1)c1ccc(Cl)c(N2CCCC2=O)c1. The molecule has 0 radical (unpaired) electrons. The van der Waals surface area contributed by atoms with Crippen molar-refractivity contribution in [2.75, 3.05) is 11.4 Å². The summed E-state index contributed by atoms with van der Waals surface area (Å²) in [4.78, 5) is 30.7. The first-order valence-corrected chi connectivity index (χ1v) is 9.33. The van der Waals surface area contributed by atoms with Crippen LogP contribution in [0.3, 0.4) is 0 Å². The average Bonchev–Trinajstić information content (AvgIpc) is 3.39. The Labute approximate surface area is 166 Å². The van der Waals surface area contributed by atoms with E-state index in [0.29, 0.717) is 41.6 Å². The zero-order valence-corrected chi connectivity index (χ0v) is 15.8. The van der Waals surface area contributed by atoms with E-state index >= 15 is 0 Å². The Morgan fingerprint density at radius 3 is 2.86 bits per heavy atom. The second kappa shape index (κ2) is 7.82. The molecule has 0 unspecified atom stereocenters. The molecule has 7 nitrogen and oxygen atoms in total. The Morgan fingerprint density at radius 1 is 1.21 bits per heavy atom. The number of hydrogen-bond donors (Lipinski definition) is 1. The molecule has 1 saturated heterocycles. The highest BCUT2D eigenvalue weighted by Gasteiger charge is 2.24. The number of carbonyl (C=O) groups is 2. The summed E-state index contributed by atoms with van der Waals surface area (Å²) < 4.78 is 1.65. The Morgan fingerprint density at radius 2 is 2.11 bits per heavy atom. The summed E-state index contributed by atoms with van der Waals surface area (Å²) in [5, 5.41) is 7.55. The van der Waals surface area contributed by atoms with Crippen LogP contribution in [-0.4, -0.2) is 33.1 Å². The highest BCUT2D eigenvalue weighted by Crippen LogP contribution is 2.30. The maximum Gasteiger partial charge on any atom is 0.251 e. The molecule has 3 heterocycles. The lowest BCUT2D eigenvalue weighted by molar-refractivity contribution is -0.117. The van der Waals surface area contributed by atoms with E-state index in [4.69, 9.17) is 11.6 Å². The first-order chi connectivity index (χ1) is 13.6. The van der Waals surface area contributed by atoms with Crippen LogP contribution in [0.2, 0.25) is 5.02 Å². The summed E-state index contributed by atoms with van der Waals surface area (Å²) >= 11 is 6.25. The first-order valence-electron chi connectivity index (χ1n) is 8.95. The number of aromatic nitrogens is 3. The molecule has 1 aromatic carbocycles. The molecule has 0 spiro atoms. The molecule has 142 valence electrons. The van der Waals surface area contributed by atoms with E-state index in [9.17, 15) is 9.59 Å². The molecule has 0 atom stereocenters. The number of halogens is 1. The fraction of sp³-hybridized carbons (Fsp3) is 0.200. The molecule has 1 N–H and O–H groups in total. The highest BCUT2D eigenvalue weighted by molar-refractivity contribution is 6.34. The Hall–Kier alpha value is -3.19. The van der Waals surface area contributed by atoms with Gasteiger partial charge in [-0.15, -0.1) is 0 Å². The molecule has 4 rings (SSSR count). The molecule has 0 saturated carbocycles. The molecule has 1 fully saturated rings. The summed E-state index contributed by atoms with van der Waals surface area (Å²) in [5.41, 5.74) is 1.86. The lowest BCUT2D eigenvalue weighted by Crippen LogP contribution is -2.26. The van der Waals surface area contributed by atoms with Gasteiger partial charge in [-0.25, -0.2) is 9.67 Å². The molecule has 1 aliphatic heterocycles. The van der Waals surface area contributed by atoms with Crippen molar-refractivity contribution in [1.82, 2.24) is 20.1 Å². The van der Waals surface area contributed by atoms with Crippen molar-refractivity contribution < 1.29 is 9.59 Å². The van der Waals surface area contributed by atoms with Crippen LogP contribution in [0.25, 0.3) is 5.82 Å². The maximum absolute atomic E-state index is 12.7. The smallest absolute Gasteiger partial charge is 0.251 e. The predicted octanol–water partition coefficient (Wildman–Crippen LogP) is 2.98. The zero-order valence-electron chi connectivity index (χ0n) is 15.0. The number of benzene rings is 1. The number of hydrogen-bond acceptors (Lipinski definition) is 4. The number of carbonyl (C=O) groups excluding carboxylic acids is 2. The van der Waals surface area contributed by atoms with E-state index < -0.39 is 0 Å². The van der Waals surface area contributed by atoms with Gasteiger partial charge in [-0.3, -0.25) is 9.59 Å². The van der Waals surface area contributed by atoms with Gasteiger partial charge in [0, 0.05) is 49.2 Å². The van der Waals surface area contributed by atoms with Crippen molar-refractivity contribution in [2.45, 2.75) is 19.4 Å². The zero-order chi connectivity index (χ0) is 19.5. The predicted molar refractivity (Wildman–Crippen MR) is 106 cm³/mol. The van der Waals surface area contributed by atoms with Crippen LogP contribution in [0.1, 0.15) is 28.8 Å². The van der Waals surface area contributed by atoms with Gasteiger partial charge in [-0.05, 0) is 36.8 Å². The largest absolute Gasteiger partial charge is 0.348 e. The van der Waals surface area contributed by atoms with Crippen molar-refractivity contribution in [3.05, 3.63) is 71.1 Å². The van der Waals surface area contributed by atoms with E-state index in [1.807, 2.05) is 18.2 Å². The summed E-state index contributed by atoms with van der Waals surface area (Å²) in [7, 11) is 0. The van der Waals surface area contributed by atoms with Crippen molar-refractivity contribution >= 4 is 29.1 Å². The molecule has 3 aromatic rings. The van der Waals surface area contributed by atoms with Gasteiger partial charge in [0.1, 0.15) is 0 Å². The fourth-order valence-corrected chi connectivity index (χ4v) is 3.43. The minimum atomic E-state index is -0.250. The minimum absolute atomic E-state index is 0.0266. The number of pyridine rings is 1. The summed E-state index contributed by atoms with van der Waals surface area (Å²) in [5.74, 6) is 0.436. The molecular weight excluding hydrogens is 378 g/mol. The quantitative estimate of drug-likeness (QED) is 0.720. The molecular formula is C20H18ClN5O2. The van der Waals surface area contributed by atoms with Gasteiger partial charge in [0.25, 0.3) is 5.91 Å². The molecule has 28 heavy (non-hydrogen) atoms. The van der Waals surface area contributed by atoms with Gasteiger partial charge in [0.2, 0.25) is 5.91 Å². The minimum Gasteiger partial charge on any atom is -0.348 e. The third-order valence-electron chi connectivity index (χ3n) is 4.60. The molecule has 2 amide bonds. The van der Waals surface area contributed by atoms with Crippen LogP contribution in [0, 0.1) is 0 Å². The van der Waals surface area contributed by atoms with Gasteiger partial charge in [-0.2, -0.15) is 5.10 Å². The van der Waals surface area contributed by atoms with Gasteiger partial charge < -0.3 is 10.2 Å². The van der Waals surface area contributed by atoms with Crippen LogP contribution in [0.5, 0.6) is 0 Å². The fourth-order valence-electron chi connectivity index (χ4n) is 3.21. The molecule has 8 heteroatoms. The van der Waals surface area contributed by atoms with Crippen LogP contribution in [0.15, 0.2) is 55.0 Å². The average molecular weight is 396 g/mol. The Kier molecular flexibility index (Phi) is 5.08. The lowest BCUT2D eigenvalue weighted by atomic mass is 10.1. The Bertz CT molecular complexity index is 1020. The Balaban J connectivity index is 1.52. The molecule has 1 aliphatic rings. The second-order valence-corrected chi connectivity index (χ2v) is 6.84. The summed E-state index contributed by atoms with van der Waals surface area (Å²) in [6.07, 6.45) is 6.45. The van der Waals surface area contributed by atoms with Gasteiger partial charge in [-0.1, -0.05) is 17.7 Å².